The zero-order valence-corrected chi connectivity index (χ0v) is 15.6. The molecule has 0 saturated carbocycles. The highest BCUT2D eigenvalue weighted by molar-refractivity contribution is 9.09. The van der Waals surface area contributed by atoms with Crippen molar-refractivity contribution in [2.75, 3.05) is 11.9 Å². The van der Waals surface area contributed by atoms with Crippen molar-refractivity contribution in [3.8, 4) is 0 Å². The topological polar surface area (TPSA) is 38.7 Å². The molecule has 0 bridgehead atoms. The van der Waals surface area contributed by atoms with Gasteiger partial charge in [-0.2, -0.15) is 0 Å². The fourth-order valence-corrected chi connectivity index (χ4v) is 2.31. The van der Waals surface area contributed by atoms with Crippen LogP contribution in [0.3, 0.4) is 0 Å². The fourth-order valence-electron chi connectivity index (χ4n) is 2.12. The van der Waals surface area contributed by atoms with Crippen molar-refractivity contribution in [3.63, 3.8) is 0 Å². The molecule has 0 radical (unpaired) electrons. The summed E-state index contributed by atoms with van der Waals surface area (Å²) >= 11 is 3.34. The maximum absolute atomic E-state index is 12.4. The predicted molar refractivity (Wildman–Crippen MR) is 105 cm³/mol. The van der Waals surface area contributed by atoms with Gasteiger partial charge < -0.3 is 4.74 Å². The molecule has 0 heterocycles. The molecule has 3 nitrogen and oxygen atoms in total. The maximum Gasteiger partial charge on any atom is 0.318 e. The largest absolute Gasteiger partial charge is 0.465 e. The van der Waals surface area contributed by atoms with Crippen LogP contribution in [0.4, 0.5) is 0 Å². The molecule has 0 aromatic heterocycles. The molecule has 0 aromatic rings. The fraction of sp³-hybridized carbons (Fsp3) is 0.300. The number of carbonyl (C=O) groups excluding carboxylic acids is 1. The third-order valence-corrected chi connectivity index (χ3v) is 3.61. The Morgan fingerprint density at radius 1 is 1.46 bits per heavy atom. The highest BCUT2D eigenvalue weighted by Gasteiger charge is 2.21. The van der Waals surface area contributed by atoms with Crippen LogP contribution in [-0.4, -0.2) is 24.1 Å². The van der Waals surface area contributed by atoms with Crippen LogP contribution in [0.15, 0.2) is 77.5 Å². The molecule has 0 aromatic carbocycles. The average Bonchev–Trinajstić information content (AvgIpc) is 2.54. The number of alkyl halides is 1. The Balaban J connectivity index is 3.06. The number of halogens is 1. The Bertz CT molecular complexity index is 595. The third kappa shape index (κ3) is 7.55. The molecule has 1 aliphatic rings. The zero-order chi connectivity index (χ0) is 17.6. The van der Waals surface area contributed by atoms with Crippen LogP contribution >= 0.6 is 15.9 Å². The summed E-state index contributed by atoms with van der Waals surface area (Å²) in [6, 6.07) is 0. The summed E-state index contributed by atoms with van der Waals surface area (Å²) in [7, 11) is 0. The summed E-state index contributed by atoms with van der Waals surface area (Å²) in [6.45, 7) is 5.86. The van der Waals surface area contributed by atoms with Gasteiger partial charge in [0.05, 0.1) is 12.3 Å². The van der Waals surface area contributed by atoms with E-state index in [4.69, 9.17) is 4.74 Å². The van der Waals surface area contributed by atoms with Crippen LogP contribution in [-0.2, 0) is 9.53 Å². The zero-order valence-electron chi connectivity index (χ0n) is 14.0. The molecular formula is C20H24BrNO2. The summed E-state index contributed by atoms with van der Waals surface area (Å²) in [6.07, 6.45) is 20.6. The number of hydrogen-bond acceptors (Lipinski definition) is 3. The lowest BCUT2D eigenvalue weighted by atomic mass is 9.95. The van der Waals surface area contributed by atoms with E-state index in [-0.39, 0.29) is 5.97 Å². The molecule has 0 spiro atoms. The molecule has 1 aliphatic carbocycles. The second kappa shape index (κ2) is 12.5. The summed E-state index contributed by atoms with van der Waals surface area (Å²) < 4.78 is 5.22. The van der Waals surface area contributed by atoms with Gasteiger partial charge in [-0.25, -0.2) is 0 Å². The minimum Gasteiger partial charge on any atom is -0.465 e. The number of allylic oxidation sites excluding steroid dienone is 9. The van der Waals surface area contributed by atoms with Crippen molar-refractivity contribution < 1.29 is 9.53 Å². The van der Waals surface area contributed by atoms with Gasteiger partial charge >= 0.3 is 5.97 Å². The molecule has 1 unspecified atom stereocenters. The van der Waals surface area contributed by atoms with Gasteiger partial charge in [-0.05, 0) is 31.9 Å². The second-order valence-corrected chi connectivity index (χ2v) is 5.61. The number of aliphatic imine (C=N–C) groups is 1. The molecular weight excluding hydrogens is 366 g/mol. The number of rotatable bonds is 8. The maximum atomic E-state index is 12.4. The quantitative estimate of drug-likeness (QED) is 0.190. The first-order valence-corrected chi connectivity index (χ1v) is 9.11. The Hall–Kier alpha value is -1.94. The smallest absolute Gasteiger partial charge is 0.318 e. The SMILES string of the molecule is C=C/C=C(\C=C/CBr)N=CC(C(=O)OCC)/C1=C/C/C=C\C=C/C1. The van der Waals surface area contributed by atoms with Gasteiger partial charge in [0.1, 0.15) is 5.92 Å². The van der Waals surface area contributed by atoms with E-state index >= 15 is 0 Å². The van der Waals surface area contributed by atoms with Crippen molar-refractivity contribution in [2.45, 2.75) is 19.8 Å². The average molecular weight is 390 g/mol. The normalized spacial score (nSPS) is 21.6. The molecule has 4 heteroatoms. The first-order valence-electron chi connectivity index (χ1n) is 7.99. The van der Waals surface area contributed by atoms with Gasteiger partial charge in [-0.1, -0.05) is 70.6 Å². The van der Waals surface area contributed by atoms with Crippen molar-refractivity contribution in [1.29, 1.82) is 0 Å². The van der Waals surface area contributed by atoms with Crippen molar-refractivity contribution in [2.24, 2.45) is 10.9 Å². The third-order valence-electron chi connectivity index (χ3n) is 3.23. The van der Waals surface area contributed by atoms with Gasteiger partial charge in [-0.15, -0.1) is 0 Å². The summed E-state index contributed by atoms with van der Waals surface area (Å²) in [4.78, 5) is 16.8. The number of carbonyl (C=O) groups is 1. The second-order valence-electron chi connectivity index (χ2n) is 4.97. The van der Waals surface area contributed by atoms with Gasteiger partial charge in [0.25, 0.3) is 0 Å². The van der Waals surface area contributed by atoms with E-state index in [1.807, 2.05) is 37.3 Å². The van der Waals surface area contributed by atoms with Crippen LogP contribution in [0.25, 0.3) is 0 Å². The van der Waals surface area contributed by atoms with E-state index in [0.717, 1.165) is 23.0 Å². The van der Waals surface area contributed by atoms with E-state index < -0.39 is 5.92 Å². The number of esters is 1. The van der Waals surface area contributed by atoms with E-state index in [1.165, 1.54) is 0 Å². The van der Waals surface area contributed by atoms with Crippen LogP contribution in [0, 0.1) is 5.92 Å². The molecule has 0 fully saturated rings. The Labute approximate surface area is 153 Å². The highest BCUT2D eigenvalue weighted by atomic mass is 79.9. The molecule has 0 N–H and O–H groups in total. The van der Waals surface area contributed by atoms with E-state index in [1.54, 1.807) is 18.4 Å². The molecule has 1 atom stereocenters. The Morgan fingerprint density at radius 2 is 2.25 bits per heavy atom. The summed E-state index contributed by atoms with van der Waals surface area (Å²) in [5.74, 6) is -0.750. The molecule has 24 heavy (non-hydrogen) atoms. The standard InChI is InChI=1S/C20H24BrNO2/c1-3-11-18(14-10-15-21)22-16-19(20(23)24-4-2)17-12-8-6-5-7-9-13-17/h3,5-8,10-11,13-14,16,19H,1,4,9,12,15H2,2H3/b7-5-,8-6-,14-10-,17-13+,18-11+,22-16?. The first-order chi connectivity index (χ1) is 11.7. The van der Waals surface area contributed by atoms with Gasteiger partial charge in [0.15, 0.2) is 0 Å². The van der Waals surface area contributed by atoms with Crippen molar-refractivity contribution in [1.82, 2.24) is 0 Å². The summed E-state index contributed by atoms with van der Waals surface area (Å²) in [5, 5.41) is 0.737. The van der Waals surface area contributed by atoms with Crippen molar-refractivity contribution in [3.05, 3.63) is 72.5 Å². The van der Waals surface area contributed by atoms with Gasteiger partial charge in [-0.3, -0.25) is 9.79 Å². The lowest BCUT2D eigenvalue weighted by Crippen LogP contribution is -2.21. The molecule has 0 saturated heterocycles. The minimum absolute atomic E-state index is 0.270. The molecule has 1 rings (SSSR count). The lowest BCUT2D eigenvalue weighted by molar-refractivity contribution is -0.144. The lowest BCUT2D eigenvalue weighted by Gasteiger charge is -2.15. The van der Waals surface area contributed by atoms with Crippen LogP contribution < -0.4 is 0 Å². The number of ether oxygens (including phenoxy) is 1. The van der Waals surface area contributed by atoms with Crippen molar-refractivity contribution >= 4 is 28.1 Å². The van der Waals surface area contributed by atoms with E-state index in [2.05, 4.69) is 39.7 Å². The first kappa shape index (κ1) is 20.1. The van der Waals surface area contributed by atoms with E-state index in [0.29, 0.717) is 13.0 Å². The predicted octanol–water partition coefficient (Wildman–Crippen LogP) is 5.09. The molecule has 0 aliphatic heterocycles. The Morgan fingerprint density at radius 3 is 2.96 bits per heavy atom. The van der Waals surface area contributed by atoms with E-state index in [9.17, 15) is 4.79 Å². The Kier molecular flexibility index (Phi) is 10.5. The number of hydrogen-bond donors (Lipinski definition) is 0. The van der Waals surface area contributed by atoms with Crippen LogP contribution in [0.2, 0.25) is 0 Å². The van der Waals surface area contributed by atoms with Gasteiger partial charge in [0, 0.05) is 11.5 Å². The minimum atomic E-state index is -0.480. The number of nitrogens with zero attached hydrogens (tertiary/aromatic N) is 1. The van der Waals surface area contributed by atoms with Crippen LogP contribution in [0.1, 0.15) is 19.8 Å². The van der Waals surface area contributed by atoms with Crippen LogP contribution in [0.5, 0.6) is 0 Å². The molecule has 0 amide bonds. The van der Waals surface area contributed by atoms with Gasteiger partial charge in [0.2, 0.25) is 0 Å². The monoisotopic (exact) mass is 389 g/mol. The highest BCUT2D eigenvalue weighted by Crippen LogP contribution is 2.19. The molecule has 128 valence electrons. The summed E-state index contributed by atoms with van der Waals surface area (Å²) in [5.41, 5.74) is 1.74.